The normalized spacial score (nSPS) is 22.9. The van der Waals surface area contributed by atoms with Crippen molar-refractivity contribution in [3.05, 3.63) is 23.8 Å². The zero-order chi connectivity index (χ0) is 14.0. The molecule has 1 aromatic rings. The number of hydrogen-bond acceptors (Lipinski definition) is 5. The first kappa shape index (κ1) is 13.5. The van der Waals surface area contributed by atoms with Gasteiger partial charge in [0.05, 0.1) is 7.11 Å². The molecular formula is C15H17NO3S. The molecule has 2 aliphatic rings. The van der Waals surface area contributed by atoms with E-state index >= 15 is 0 Å². The van der Waals surface area contributed by atoms with Crippen LogP contribution in [0, 0.1) is 0 Å². The minimum atomic E-state index is -0.433. The summed E-state index contributed by atoms with van der Waals surface area (Å²) >= 11 is 1.90. The van der Waals surface area contributed by atoms with Crippen LogP contribution < -0.4 is 9.47 Å². The van der Waals surface area contributed by atoms with Gasteiger partial charge in [-0.05, 0) is 31.1 Å². The highest BCUT2D eigenvalue weighted by atomic mass is 32.2. The maximum absolute atomic E-state index is 10.7. The highest BCUT2D eigenvalue weighted by Crippen LogP contribution is 2.54. The molecule has 5 heteroatoms. The lowest BCUT2D eigenvalue weighted by Gasteiger charge is -2.21. The Morgan fingerprint density at radius 2 is 2.30 bits per heavy atom. The molecule has 20 heavy (non-hydrogen) atoms. The van der Waals surface area contributed by atoms with Crippen molar-refractivity contribution in [2.45, 2.75) is 30.9 Å². The van der Waals surface area contributed by atoms with Crippen LogP contribution in [0.15, 0.2) is 23.2 Å². The Morgan fingerprint density at radius 1 is 1.45 bits per heavy atom. The molecule has 1 unspecified atom stereocenters. The smallest absolute Gasteiger partial charge is 0.235 e. The van der Waals surface area contributed by atoms with Crippen molar-refractivity contribution >= 4 is 17.8 Å². The second-order valence-corrected chi connectivity index (χ2v) is 6.32. The van der Waals surface area contributed by atoms with Gasteiger partial charge in [0.2, 0.25) is 6.08 Å². The van der Waals surface area contributed by atoms with Crippen molar-refractivity contribution in [3.8, 4) is 11.5 Å². The molecule has 1 aromatic carbocycles. The predicted octanol–water partition coefficient (Wildman–Crippen LogP) is 2.90. The van der Waals surface area contributed by atoms with Crippen molar-refractivity contribution in [2.75, 3.05) is 18.6 Å². The molecule has 1 aliphatic heterocycles. The van der Waals surface area contributed by atoms with Crippen LogP contribution >= 0.6 is 11.8 Å². The third kappa shape index (κ3) is 2.43. The van der Waals surface area contributed by atoms with Gasteiger partial charge in [0, 0.05) is 11.3 Å². The van der Waals surface area contributed by atoms with Crippen molar-refractivity contribution in [3.63, 3.8) is 0 Å². The van der Waals surface area contributed by atoms with Crippen LogP contribution in [-0.2, 0) is 10.3 Å². The van der Waals surface area contributed by atoms with Crippen molar-refractivity contribution < 1.29 is 14.3 Å². The summed E-state index contributed by atoms with van der Waals surface area (Å²) in [6.07, 6.45) is 4.70. The SMILES string of the molecule is COc1cccc(C2(N=C=O)CC2)c1OC1CCSC1. The van der Waals surface area contributed by atoms with Crippen molar-refractivity contribution in [1.82, 2.24) is 0 Å². The molecule has 1 saturated heterocycles. The molecule has 1 aliphatic carbocycles. The number of rotatable bonds is 5. The van der Waals surface area contributed by atoms with E-state index in [4.69, 9.17) is 9.47 Å². The number of aliphatic imine (C=N–C) groups is 1. The number of hydrogen-bond donors (Lipinski definition) is 0. The number of para-hydroxylation sites is 1. The summed E-state index contributed by atoms with van der Waals surface area (Å²) in [5.74, 6) is 3.60. The van der Waals surface area contributed by atoms with Gasteiger partial charge in [-0.15, -0.1) is 0 Å². The Kier molecular flexibility index (Phi) is 3.72. The lowest BCUT2D eigenvalue weighted by atomic mass is 10.0. The molecule has 0 aromatic heterocycles. The molecule has 3 rings (SSSR count). The van der Waals surface area contributed by atoms with Gasteiger partial charge in [-0.1, -0.05) is 12.1 Å². The zero-order valence-corrected chi connectivity index (χ0v) is 12.2. The first-order valence-electron chi connectivity index (χ1n) is 6.80. The molecular weight excluding hydrogens is 274 g/mol. The molecule has 4 nitrogen and oxygen atoms in total. The summed E-state index contributed by atoms with van der Waals surface area (Å²) in [6, 6.07) is 5.79. The Balaban J connectivity index is 1.98. The van der Waals surface area contributed by atoms with Gasteiger partial charge in [-0.3, -0.25) is 0 Å². The minimum Gasteiger partial charge on any atom is -0.493 e. The number of benzene rings is 1. The fourth-order valence-corrected chi connectivity index (χ4v) is 3.68. The topological polar surface area (TPSA) is 47.9 Å². The third-order valence-electron chi connectivity index (χ3n) is 3.86. The van der Waals surface area contributed by atoms with E-state index in [0.29, 0.717) is 5.75 Å². The zero-order valence-electron chi connectivity index (χ0n) is 11.4. The number of isocyanates is 1. The van der Waals surface area contributed by atoms with E-state index in [-0.39, 0.29) is 6.10 Å². The monoisotopic (exact) mass is 291 g/mol. The second kappa shape index (κ2) is 5.51. The van der Waals surface area contributed by atoms with Gasteiger partial charge < -0.3 is 9.47 Å². The van der Waals surface area contributed by atoms with E-state index in [2.05, 4.69) is 4.99 Å². The van der Waals surface area contributed by atoms with Gasteiger partial charge in [0.1, 0.15) is 11.6 Å². The largest absolute Gasteiger partial charge is 0.493 e. The van der Waals surface area contributed by atoms with Crippen LogP contribution in [0.25, 0.3) is 0 Å². The first-order chi connectivity index (χ1) is 9.79. The lowest BCUT2D eigenvalue weighted by Crippen LogP contribution is -2.18. The summed E-state index contributed by atoms with van der Waals surface area (Å²) in [7, 11) is 1.64. The molecule has 0 spiro atoms. The van der Waals surface area contributed by atoms with Gasteiger partial charge in [-0.25, -0.2) is 4.79 Å². The Morgan fingerprint density at radius 3 is 2.90 bits per heavy atom. The summed E-state index contributed by atoms with van der Waals surface area (Å²) in [5.41, 5.74) is 0.522. The predicted molar refractivity (Wildman–Crippen MR) is 78.4 cm³/mol. The van der Waals surface area contributed by atoms with Crippen molar-refractivity contribution in [1.29, 1.82) is 0 Å². The van der Waals surface area contributed by atoms with Crippen LogP contribution in [0.1, 0.15) is 24.8 Å². The fourth-order valence-electron chi connectivity index (χ4n) is 2.58. The summed E-state index contributed by atoms with van der Waals surface area (Å²) in [5, 5.41) is 0. The Hall–Kier alpha value is -1.45. The average molecular weight is 291 g/mol. The van der Waals surface area contributed by atoms with Gasteiger partial charge in [0.15, 0.2) is 11.5 Å². The minimum absolute atomic E-state index is 0.214. The maximum atomic E-state index is 10.7. The Bertz CT molecular complexity index is 544. The molecule has 1 atom stereocenters. The van der Waals surface area contributed by atoms with Gasteiger partial charge >= 0.3 is 0 Å². The molecule has 2 fully saturated rings. The van der Waals surface area contributed by atoms with E-state index in [1.165, 1.54) is 0 Å². The van der Waals surface area contributed by atoms with E-state index in [1.807, 2.05) is 30.0 Å². The number of thioether (sulfide) groups is 1. The quantitative estimate of drug-likeness (QED) is 0.618. The van der Waals surface area contributed by atoms with Gasteiger partial charge in [0.25, 0.3) is 0 Å². The average Bonchev–Trinajstić information content (AvgIpc) is 3.06. The van der Waals surface area contributed by atoms with Crippen LogP contribution in [0.4, 0.5) is 0 Å². The van der Waals surface area contributed by atoms with Crippen LogP contribution in [-0.4, -0.2) is 30.8 Å². The van der Waals surface area contributed by atoms with E-state index in [1.54, 1.807) is 13.2 Å². The maximum Gasteiger partial charge on any atom is 0.235 e. The molecule has 1 heterocycles. The lowest BCUT2D eigenvalue weighted by molar-refractivity contribution is 0.214. The van der Waals surface area contributed by atoms with E-state index in [9.17, 15) is 4.79 Å². The number of nitrogens with zero attached hydrogens (tertiary/aromatic N) is 1. The number of ether oxygens (including phenoxy) is 2. The van der Waals surface area contributed by atoms with Crippen LogP contribution in [0.3, 0.4) is 0 Å². The van der Waals surface area contributed by atoms with Gasteiger partial charge in [-0.2, -0.15) is 16.8 Å². The van der Waals surface area contributed by atoms with Crippen LogP contribution in [0.2, 0.25) is 0 Å². The van der Waals surface area contributed by atoms with E-state index in [0.717, 1.165) is 42.1 Å². The molecule has 0 bridgehead atoms. The molecule has 1 saturated carbocycles. The molecule has 0 N–H and O–H groups in total. The van der Waals surface area contributed by atoms with Crippen molar-refractivity contribution in [2.24, 2.45) is 4.99 Å². The third-order valence-corrected chi connectivity index (χ3v) is 4.99. The number of methoxy groups -OCH3 is 1. The summed E-state index contributed by atoms with van der Waals surface area (Å²) < 4.78 is 11.6. The second-order valence-electron chi connectivity index (χ2n) is 5.18. The standard InChI is InChI=1S/C15H17NO3S/c1-18-13-4-2-3-12(15(6-7-15)16-10-17)14(13)19-11-5-8-20-9-11/h2-4,11H,5-9H2,1H3. The van der Waals surface area contributed by atoms with Crippen LogP contribution in [0.5, 0.6) is 11.5 Å². The summed E-state index contributed by atoms with van der Waals surface area (Å²) in [6.45, 7) is 0. The molecule has 0 radical (unpaired) electrons. The highest BCUT2D eigenvalue weighted by molar-refractivity contribution is 7.99. The first-order valence-corrected chi connectivity index (χ1v) is 7.95. The van der Waals surface area contributed by atoms with E-state index < -0.39 is 5.54 Å². The summed E-state index contributed by atoms with van der Waals surface area (Å²) in [4.78, 5) is 14.7. The Labute approximate surface area is 122 Å². The highest BCUT2D eigenvalue weighted by Gasteiger charge is 2.47. The molecule has 106 valence electrons. The molecule has 0 amide bonds. The fraction of sp³-hybridized carbons (Fsp3) is 0.533. The number of carbonyl (C=O) groups excluding carboxylic acids is 1.